The number of nitrogens with zero attached hydrogens (tertiary/aromatic N) is 2. The van der Waals surface area contributed by atoms with Gasteiger partial charge in [0.1, 0.15) is 6.04 Å². The van der Waals surface area contributed by atoms with Crippen LogP contribution in [0.3, 0.4) is 0 Å². The van der Waals surface area contributed by atoms with Crippen LogP contribution < -0.4 is 10.5 Å². The second-order valence-electron chi connectivity index (χ2n) is 6.95. The van der Waals surface area contributed by atoms with Gasteiger partial charge in [0, 0.05) is 19.3 Å². The largest absolute Gasteiger partial charge is 0.336 e. The highest BCUT2D eigenvalue weighted by Gasteiger charge is 2.41. The van der Waals surface area contributed by atoms with Crippen molar-refractivity contribution in [1.29, 1.82) is 0 Å². The Labute approximate surface area is 180 Å². The highest BCUT2D eigenvalue weighted by Crippen LogP contribution is 2.21. The normalized spacial score (nSPS) is 16.8. The number of nitrogens with one attached hydrogen (secondary N) is 1. The minimum atomic E-state index is -3.75. The summed E-state index contributed by atoms with van der Waals surface area (Å²) in [5.74, 6) is -0.507. The summed E-state index contributed by atoms with van der Waals surface area (Å²) >= 11 is 5.39. The molecule has 3 N–H and O–H groups in total. The van der Waals surface area contributed by atoms with Crippen molar-refractivity contribution in [2.45, 2.75) is 23.8 Å². The lowest BCUT2D eigenvalue weighted by atomic mass is 10.1. The number of benzene rings is 2. The maximum absolute atomic E-state index is 12.6. The van der Waals surface area contributed by atoms with E-state index >= 15 is 0 Å². The number of carbonyl (C=O) groups is 2. The van der Waals surface area contributed by atoms with E-state index in [-0.39, 0.29) is 23.1 Å². The number of hydrogen-bond donors (Lipinski definition) is 2. The van der Waals surface area contributed by atoms with E-state index in [4.69, 9.17) is 17.4 Å². The van der Waals surface area contributed by atoms with E-state index in [0.29, 0.717) is 23.8 Å². The summed E-state index contributed by atoms with van der Waals surface area (Å²) < 4.78 is 22.7. The molecule has 2 aromatic carbocycles. The minimum Gasteiger partial charge on any atom is -0.336 e. The Morgan fingerprint density at radius 1 is 1.13 bits per heavy atom. The van der Waals surface area contributed by atoms with Crippen LogP contribution in [0.1, 0.15) is 12.0 Å². The molecule has 1 atom stereocenters. The van der Waals surface area contributed by atoms with Gasteiger partial charge in [-0.1, -0.05) is 30.3 Å². The van der Waals surface area contributed by atoms with Crippen LogP contribution in [0.15, 0.2) is 59.5 Å². The third-order valence-electron chi connectivity index (χ3n) is 4.85. The van der Waals surface area contributed by atoms with Gasteiger partial charge in [-0.05, 0) is 48.5 Å². The summed E-state index contributed by atoms with van der Waals surface area (Å²) in [4.78, 5) is 28.2. The number of sulfonamides is 1. The van der Waals surface area contributed by atoms with Gasteiger partial charge in [0.25, 0.3) is 5.91 Å². The SMILES string of the molecule is CN1C(=O)[C@@H](CC(=O)Nc2ccccc2)N(CCc2ccc(S(N)(=O)=O)cc2)C1=S. The molecule has 0 radical (unpaired) electrons. The Hall–Kier alpha value is -2.82. The molecule has 2 amide bonds. The molecule has 1 aliphatic heterocycles. The molecule has 2 aromatic rings. The first-order valence-electron chi connectivity index (χ1n) is 9.21. The minimum absolute atomic E-state index is 0.0252. The molecule has 1 saturated heterocycles. The molecule has 0 saturated carbocycles. The zero-order chi connectivity index (χ0) is 21.9. The van der Waals surface area contributed by atoms with Crippen molar-refractivity contribution < 1.29 is 18.0 Å². The summed E-state index contributed by atoms with van der Waals surface area (Å²) in [6.07, 6.45) is 0.492. The topological polar surface area (TPSA) is 113 Å². The lowest BCUT2D eigenvalue weighted by molar-refractivity contribution is -0.130. The smallest absolute Gasteiger partial charge is 0.251 e. The van der Waals surface area contributed by atoms with E-state index in [1.54, 1.807) is 36.2 Å². The fraction of sp³-hybridized carbons (Fsp3) is 0.250. The Morgan fingerprint density at radius 2 is 1.77 bits per heavy atom. The first-order valence-corrected chi connectivity index (χ1v) is 11.2. The number of carbonyl (C=O) groups excluding carboxylic acids is 2. The van der Waals surface area contributed by atoms with Crippen molar-refractivity contribution in [1.82, 2.24) is 9.80 Å². The average Bonchev–Trinajstić information content (AvgIpc) is 2.90. The Balaban J connectivity index is 1.67. The zero-order valence-corrected chi connectivity index (χ0v) is 17.9. The van der Waals surface area contributed by atoms with Gasteiger partial charge in [0.05, 0.1) is 11.3 Å². The van der Waals surface area contributed by atoms with Crippen molar-refractivity contribution in [2.24, 2.45) is 5.14 Å². The summed E-state index contributed by atoms with van der Waals surface area (Å²) in [6.45, 7) is 0.410. The number of likely N-dealkylation sites (N-methyl/N-ethyl adjacent to an activating group) is 1. The average molecular weight is 447 g/mol. The van der Waals surface area contributed by atoms with E-state index < -0.39 is 16.1 Å². The lowest BCUT2D eigenvalue weighted by Gasteiger charge is -2.23. The van der Waals surface area contributed by atoms with E-state index in [2.05, 4.69) is 5.32 Å². The second-order valence-corrected chi connectivity index (χ2v) is 8.87. The molecule has 158 valence electrons. The highest BCUT2D eigenvalue weighted by molar-refractivity contribution is 7.89. The zero-order valence-electron chi connectivity index (χ0n) is 16.3. The Kier molecular flexibility index (Phi) is 6.49. The van der Waals surface area contributed by atoms with Gasteiger partial charge in [-0.2, -0.15) is 0 Å². The van der Waals surface area contributed by atoms with E-state index in [9.17, 15) is 18.0 Å². The molecule has 0 unspecified atom stereocenters. The van der Waals surface area contributed by atoms with Crippen LogP contribution in [0.2, 0.25) is 0 Å². The molecule has 30 heavy (non-hydrogen) atoms. The molecular weight excluding hydrogens is 424 g/mol. The third-order valence-corrected chi connectivity index (χ3v) is 6.29. The van der Waals surface area contributed by atoms with E-state index in [1.807, 2.05) is 18.2 Å². The van der Waals surface area contributed by atoms with Crippen molar-refractivity contribution >= 4 is 44.9 Å². The van der Waals surface area contributed by atoms with Crippen LogP contribution in [0.25, 0.3) is 0 Å². The summed E-state index contributed by atoms with van der Waals surface area (Å²) in [5, 5.41) is 8.26. The number of hydrogen-bond acceptors (Lipinski definition) is 5. The first kappa shape index (κ1) is 21.9. The maximum Gasteiger partial charge on any atom is 0.251 e. The van der Waals surface area contributed by atoms with Gasteiger partial charge in [0.2, 0.25) is 15.9 Å². The van der Waals surface area contributed by atoms with E-state index in [1.165, 1.54) is 17.0 Å². The Morgan fingerprint density at radius 3 is 2.37 bits per heavy atom. The molecule has 0 spiro atoms. The van der Waals surface area contributed by atoms with Crippen molar-refractivity contribution in [3.8, 4) is 0 Å². The predicted molar refractivity (Wildman–Crippen MR) is 117 cm³/mol. The summed E-state index contributed by atoms with van der Waals surface area (Å²) in [7, 11) is -2.16. The number of para-hydroxylation sites is 1. The monoisotopic (exact) mass is 446 g/mol. The van der Waals surface area contributed by atoms with Crippen LogP contribution >= 0.6 is 12.2 Å². The third kappa shape index (κ3) is 5.02. The van der Waals surface area contributed by atoms with Crippen LogP contribution in [0, 0.1) is 0 Å². The van der Waals surface area contributed by atoms with Gasteiger partial charge in [-0.3, -0.25) is 14.5 Å². The van der Waals surface area contributed by atoms with Gasteiger partial charge >= 0.3 is 0 Å². The van der Waals surface area contributed by atoms with Gasteiger partial charge in [-0.25, -0.2) is 13.6 Å². The summed E-state index contributed by atoms with van der Waals surface area (Å²) in [6, 6.07) is 14.5. The highest BCUT2D eigenvalue weighted by atomic mass is 32.2. The molecule has 0 aliphatic carbocycles. The molecular formula is C20H22N4O4S2. The second kappa shape index (κ2) is 8.90. The standard InChI is InChI=1S/C20H22N4O4S2/c1-23-19(26)17(13-18(25)22-15-5-3-2-4-6-15)24(20(23)29)12-11-14-7-9-16(10-8-14)30(21,27)28/h2-10,17H,11-13H2,1H3,(H,22,25)(H2,21,27,28)/t17-/m1/s1. The molecule has 0 bridgehead atoms. The van der Waals surface area contributed by atoms with Crippen molar-refractivity contribution in [2.75, 3.05) is 18.9 Å². The molecule has 1 aliphatic rings. The van der Waals surface area contributed by atoms with Crippen LogP contribution in [-0.4, -0.2) is 54.8 Å². The van der Waals surface area contributed by atoms with Crippen LogP contribution in [0.4, 0.5) is 5.69 Å². The fourth-order valence-corrected chi connectivity index (χ4v) is 4.05. The fourth-order valence-electron chi connectivity index (χ4n) is 3.23. The number of rotatable bonds is 7. The molecule has 1 heterocycles. The lowest BCUT2D eigenvalue weighted by Crippen LogP contribution is -2.39. The van der Waals surface area contributed by atoms with Gasteiger partial charge in [-0.15, -0.1) is 0 Å². The number of anilines is 1. The summed E-state index contributed by atoms with van der Waals surface area (Å²) in [5.41, 5.74) is 1.52. The van der Waals surface area contributed by atoms with Crippen molar-refractivity contribution in [3.05, 3.63) is 60.2 Å². The molecule has 1 fully saturated rings. The molecule has 3 rings (SSSR count). The van der Waals surface area contributed by atoms with Crippen LogP contribution in [0.5, 0.6) is 0 Å². The van der Waals surface area contributed by atoms with Crippen molar-refractivity contribution in [3.63, 3.8) is 0 Å². The van der Waals surface area contributed by atoms with Crippen LogP contribution in [-0.2, 0) is 26.0 Å². The molecule has 10 heteroatoms. The van der Waals surface area contributed by atoms with E-state index in [0.717, 1.165) is 5.56 Å². The van der Waals surface area contributed by atoms with Gasteiger partial charge in [0.15, 0.2) is 5.11 Å². The number of primary sulfonamides is 1. The molecule has 8 nitrogen and oxygen atoms in total. The quantitative estimate of drug-likeness (QED) is 0.621. The Bertz CT molecular complexity index is 1060. The maximum atomic E-state index is 12.6. The van der Waals surface area contributed by atoms with Gasteiger partial charge < -0.3 is 10.2 Å². The first-order chi connectivity index (χ1) is 14.2. The number of thiocarbonyl (C=S) groups is 1. The number of nitrogens with two attached hydrogens (primary N) is 1. The predicted octanol–water partition coefficient (Wildman–Crippen LogP) is 1.33. The number of amides is 2. The molecule has 0 aromatic heterocycles.